The van der Waals surface area contributed by atoms with E-state index in [0.29, 0.717) is 5.56 Å². The van der Waals surface area contributed by atoms with Crippen molar-refractivity contribution in [1.82, 2.24) is 0 Å². The van der Waals surface area contributed by atoms with Crippen molar-refractivity contribution < 1.29 is 14.5 Å². The van der Waals surface area contributed by atoms with Crippen LogP contribution in [0, 0.1) is 10.1 Å². The number of rotatable bonds is 4. The fourth-order valence-electron chi connectivity index (χ4n) is 1.69. The molecule has 0 fully saturated rings. The van der Waals surface area contributed by atoms with Gasteiger partial charge in [-0.25, -0.2) is 4.79 Å². The number of nitrogens with zero attached hydrogens (tertiary/aromatic N) is 1. The molecule has 0 amide bonds. The van der Waals surface area contributed by atoms with Gasteiger partial charge in [0.15, 0.2) is 0 Å². The summed E-state index contributed by atoms with van der Waals surface area (Å²) < 4.78 is 4.62. The van der Waals surface area contributed by atoms with Crippen LogP contribution in [0.25, 0.3) is 0 Å². The number of methoxy groups -OCH3 is 1. The molecule has 0 aromatic heterocycles. The first-order valence-electron chi connectivity index (χ1n) is 5.40. The van der Waals surface area contributed by atoms with Crippen LogP contribution in [0.1, 0.15) is 29.8 Å². The van der Waals surface area contributed by atoms with Gasteiger partial charge in [-0.15, -0.1) is 0 Å². The molecule has 0 bridgehead atoms. The second-order valence-corrected chi connectivity index (χ2v) is 4.72. The summed E-state index contributed by atoms with van der Waals surface area (Å²) in [5, 5.41) is 11.0. The highest BCUT2D eigenvalue weighted by molar-refractivity contribution is 5.92. The van der Waals surface area contributed by atoms with Crippen LogP contribution in [0.5, 0.6) is 0 Å². The minimum Gasteiger partial charge on any atom is -0.465 e. The summed E-state index contributed by atoms with van der Waals surface area (Å²) in [4.78, 5) is 22.1. The second-order valence-electron chi connectivity index (χ2n) is 4.72. The molecule has 0 unspecified atom stereocenters. The summed E-state index contributed by atoms with van der Waals surface area (Å²) in [6.07, 6.45) is 0.217. The van der Waals surface area contributed by atoms with Crippen molar-refractivity contribution in [2.24, 2.45) is 5.73 Å². The molecule has 6 heteroatoms. The molecule has 0 aliphatic rings. The topological polar surface area (TPSA) is 95.5 Å². The summed E-state index contributed by atoms with van der Waals surface area (Å²) in [7, 11) is 1.23. The number of nitrogens with two attached hydrogens (primary N) is 1. The van der Waals surface area contributed by atoms with Crippen molar-refractivity contribution in [1.29, 1.82) is 0 Å². The highest BCUT2D eigenvalue weighted by Gasteiger charge is 2.26. The molecule has 1 aromatic carbocycles. The number of hydrogen-bond donors (Lipinski definition) is 1. The van der Waals surface area contributed by atoms with E-state index in [1.807, 2.05) is 0 Å². The van der Waals surface area contributed by atoms with Crippen molar-refractivity contribution in [3.05, 3.63) is 39.4 Å². The quantitative estimate of drug-likeness (QED) is 0.499. The van der Waals surface area contributed by atoms with E-state index >= 15 is 0 Å². The summed E-state index contributed by atoms with van der Waals surface area (Å²) in [5.41, 5.74) is 5.59. The van der Waals surface area contributed by atoms with Gasteiger partial charge in [0.05, 0.1) is 17.6 Å². The molecule has 18 heavy (non-hydrogen) atoms. The standard InChI is InChI=1S/C12H16N2O4/c1-12(2,13)7-9-8(11(15)18-3)5-4-6-10(9)14(16)17/h4-6H,7,13H2,1-3H3. The molecule has 0 radical (unpaired) electrons. The number of benzene rings is 1. The fourth-order valence-corrected chi connectivity index (χ4v) is 1.69. The first-order chi connectivity index (χ1) is 8.26. The lowest BCUT2D eigenvalue weighted by Crippen LogP contribution is -2.35. The third-order valence-corrected chi connectivity index (χ3v) is 2.39. The van der Waals surface area contributed by atoms with E-state index in [1.165, 1.54) is 25.3 Å². The Kier molecular flexibility index (Phi) is 4.03. The van der Waals surface area contributed by atoms with Gasteiger partial charge in [-0.2, -0.15) is 0 Å². The maximum absolute atomic E-state index is 11.6. The first kappa shape index (κ1) is 14.1. The number of esters is 1. The van der Waals surface area contributed by atoms with Gasteiger partial charge < -0.3 is 10.5 Å². The Balaban J connectivity index is 3.39. The molecule has 0 aliphatic heterocycles. The number of nitro benzene ring substituents is 1. The van der Waals surface area contributed by atoms with Crippen LogP contribution in [-0.2, 0) is 11.2 Å². The number of hydrogen-bond acceptors (Lipinski definition) is 5. The molecule has 0 aliphatic carbocycles. The van der Waals surface area contributed by atoms with E-state index in [1.54, 1.807) is 13.8 Å². The maximum atomic E-state index is 11.6. The second kappa shape index (κ2) is 5.14. The number of nitro groups is 1. The van der Waals surface area contributed by atoms with Crippen molar-refractivity contribution in [2.45, 2.75) is 25.8 Å². The maximum Gasteiger partial charge on any atom is 0.338 e. The zero-order valence-corrected chi connectivity index (χ0v) is 10.6. The monoisotopic (exact) mass is 252 g/mol. The molecular weight excluding hydrogens is 236 g/mol. The highest BCUT2D eigenvalue weighted by Crippen LogP contribution is 2.26. The Labute approximate surface area is 105 Å². The van der Waals surface area contributed by atoms with Crippen LogP contribution >= 0.6 is 0 Å². The smallest absolute Gasteiger partial charge is 0.338 e. The molecule has 0 saturated heterocycles. The molecule has 1 rings (SSSR count). The Bertz CT molecular complexity index is 477. The van der Waals surface area contributed by atoms with E-state index in [-0.39, 0.29) is 17.7 Å². The Morgan fingerprint density at radius 2 is 2.11 bits per heavy atom. The molecule has 0 heterocycles. The molecule has 2 N–H and O–H groups in total. The van der Waals surface area contributed by atoms with Gasteiger partial charge in [0.25, 0.3) is 5.69 Å². The van der Waals surface area contributed by atoms with Gasteiger partial charge in [-0.05, 0) is 26.3 Å². The lowest BCUT2D eigenvalue weighted by molar-refractivity contribution is -0.385. The van der Waals surface area contributed by atoms with E-state index < -0.39 is 16.4 Å². The number of ether oxygens (including phenoxy) is 1. The summed E-state index contributed by atoms with van der Waals surface area (Å²) >= 11 is 0. The van der Waals surface area contributed by atoms with Crippen molar-refractivity contribution in [2.75, 3.05) is 7.11 Å². The van der Waals surface area contributed by atoms with E-state index in [0.717, 1.165) is 0 Å². The van der Waals surface area contributed by atoms with Crippen LogP contribution in [0.3, 0.4) is 0 Å². The van der Waals surface area contributed by atoms with E-state index in [9.17, 15) is 14.9 Å². The lowest BCUT2D eigenvalue weighted by atomic mass is 9.91. The average Bonchev–Trinajstić information content (AvgIpc) is 2.25. The van der Waals surface area contributed by atoms with Gasteiger partial charge in [0.1, 0.15) is 0 Å². The fraction of sp³-hybridized carbons (Fsp3) is 0.417. The van der Waals surface area contributed by atoms with Crippen LogP contribution in [0.4, 0.5) is 5.69 Å². The van der Waals surface area contributed by atoms with Gasteiger partial charge in [-0.3, -0.25) is 10.1 Å². The van der Waals surface area contributed by atoms with Gasteiger partial charge >= 0.3 is 5.97 Å². The SMILES string of the molecule is COC(=O)c1cccc([N+](=O)[O-])c1CC(C)(C)N. The summed E-state index contributed by atoms with van der Waals surface area (Å²) in [6.45, 7) is 3.48. The Morgan fingerprint density at radius 3 is 2.56 bits per heavy atom. The molecule has 0 saturated carbocycles. The minimum atomic E-state index is -0.658. The average molecular weight is 252 g/mol. The predicted octanol–water partition coefficient (Wildman–Crippen LogP) is 1.66. The molecule has 0 atom stereocenters. The molecular formula is C12H16N2O4. The van der Waals surface area contributed by atoms with Crippen LogP contribution in [0.15, 0.2) is 18.2 Å². The third-order valence-electron chi connectivity index (χ3n) is 2.39. The Hall–Kier alpha value is -1.95. The summed E-state index contributed by atoms with van der Waals surface area (Å²) in [6, 6.07) is 4.31. The third kappa shape index (κ3) is 3.27. The molecule has 98 valence electrons. The van der Waals surface area contributed by atoms with Crippen molar-refractivity contribution in [3.63, 3.8) is 0 Å². The van der Waals surface area contributed by atoms with E-state index in [4.69, 9.17) is 5.73 Å². The Morgan fingerprint density at radius 1 is 1.50 bits per heavy atom. The van der Waals surface area contributed by atoms with E-state index in [2.05, 4.69) is 4.74 Å². The van der Waals surface area contributed by atoms with Crippen LogP contribution < -0.4 is 5.73 Å². The predicted molar refractivity (Wildman–Crippen MR) is 66.4 cm³/mol. The first-order valence-corrected chi connectivity index (χ1v) is 5.40. The summed E-state index contributed by atoms with van der Waals surface area (Å²) in [5.74, 6) is -0.599. The van der Waals surface area contributed by atoms with Gasteiger partial charge in [0.2, 0.25) is 0 Å². The lowest BCUT2D eigenvalue weighted by Gasteiger charge is -2.19. The molecule has 1 aromatic rings. The minimum absolute atomic E-state index is 0.114. The van der Waals surface area contributed by atoms with Crippen molar-refractivity contribution in [3.8, 4) is 0 Å². The van der Waals surface area contributed by atoms with Crippen LogP contribution in [-0.4, -0.2) is 23.5 Å². The zero-order valence-electron chi connectivity index (χ0n) is 10.6. The number of carbonyl (C=O) groups is 1. The molecule has 6 nitrogen and oxygen atoms in total. The van der Waals surface area contributed by atoms with Gasteiger partial charge in [0, 0.05) is 17.2 Å². The number of carbonyl (C=O) groups excluding carboxylic acids is 1. The van der Waals surface area contributed by atoms with Crippen LogP contribution in [0.2, 0.25) is 0 Å². The molecule has 0 spiro atoms. The normalized spacial score (nSPS) is 11.1. The zero-order chi connectivity index (χ0) is 13.9. The largest absolute Gasteiger partial charge is 0.465 e. The highest BCUT2D eigenvalue weighted by atomic mass is 16.6. The van der Waals surface area contributed by atoms with Crippen molar-refractivity contribution >= 4 is 11.7 Å². The van der Waals surface area contributed by atoms with Gasteiger partial charge in [-0.1, -0.05) is 6.07 Å².